The first kappa shape index (κ1) is 21.6. The molecule has 0 radical (unpaired) electrons. The molecule has 9 heteroatoms. The second kappa shape index (κ2) is 8.51. The number of aliphatic hydroxyl groups is 1. The molecule has 1 saturated heterocycles. The molecule has 1 unspecified atom stereocenters. The normalized spacial score (nSPS) is 16.8. The van der Waals surface area contributed by atoms with E-state index in [1.54, 1.807) is 12.1 Å². The number of aromatic nitrogens is 4. The third-order valence-corrected chi connectivity index (χ3v) is 5.93. The van der Waals surface area contributed by atoms with Crippen LogP contribution >= 0.6 is 11.6 Å². The number of hydrogen-bond acceptors (Lipinski definition) is 7. The molecule has 0 spiro atoms. The summed E-state index contributed by atoms with van der Waals surface area (Å²) in [5.41, 5.74) is 9.90. The van der Waals surface area contributed by atoms with Crippen LogP contribution in [0.15, 0.2) is 18.2 Å². The molecule has 1 fully saturated rings. The second-order valence-electron chi connectivity index (χ2n) is 8.73. The predicted molar refractivity (Wildman–Crippen MR) is 126 cm³/mol. The van der Waals surface area contributed by atoms with Crippen LogP contribution in [0, 0.1) is 0 Å². The van der Waals surface area contributed by atoms with E-state index in [0.717, 1.165) is 42.4 Å². The standard InChI is InChI=1S/C22H30ClN7O/c1-12(2)18-20-19(28-27-18)21(25-16-9-14(23)8-15(24)10-16)26-22(30(20)13(3)4)29-7-5-6-17(29)11-31/h8-10,12-13,17,25,31H,5-7,11,24H2,1-4H3. The number of nitrogens with one attached hydrogen (secondary N) is 1. The molecule has 31 heavy (non-hydrogen) atoms. The molecule has 0 aromatic heterocycles. The van der Waals surface area contributed by atoms with E-state index < -0.39 is 0 Å². The lowest BCUT2D eigenvalue weighted by atomic mass is 10.1. The van der Waals surface area contributed by atoms with Crippen LogP contribution in [0.25, 0.3) is 11.4 Å². The molecule has 1 aromatic rings. The molecule has 1 atom stereocenters. The average molecular weight is 444 g/mol. The zero-order valence-corrected chi connectivity index (χ0v) is 19.2. The van der Waals surface area contributed by atoms with Crippen molar-refractivity contribution in [2.45, 2.75) is 58.5 Å². The number of nitrogen functional groups attached to an aromatic ring is 1. The van der Waals surface area contributed by atoms with Gasteiger partial charge in [0.2, 0.25) is 5.95 Å². The highest BCUT2D eigenvalue weighted by atomic mass is 35.5. The second-order valence-corrected chi connectivity index (χ2v) is 9.17. The van der Waals surface area contributed by atoms with Gasteiger partial charge < -0.3 is 25.6 Å². The number of nitrogens with two attached hydrogens (primary N) is 1. The molecular formula is C22H30ClN7O. The number of halogens is 1. The molecular weight excluding hydrogens is 414 g/mol. The zero-order valence-electron chi connectivity index (χ0n) is 18.4. The Morgan fingerprint density at radius 2 is 2.00 bits per heavy atom. The van der Waals surface area contributed by atoms with Gasteiger partial charge in [-0.25, -0.2) is 0 Å². The Morgan fingerprint density at radius 1 is 1.23 bits per heavy atom. The Bertz CT molecular complexity index is 1030. The maximum atomic E-state index is 9.96. The summed E-state index contributed by atoms with van der Waals surface area (Å²) >= 11 is 6.21. The van der Waals surface area contributed by atoms with Gasteiger partial charge in [0.15, 0.2) is 11.5 Å². The van der Waals surface area contributed by atoms with Gasteiger partial charge in [-0.15, -0.1) is 5.10 Å². The van der Waals surface area contributed by atoms with Crippen molar-refractivity contribution in [2.24, 2.45) is 0 Å². The Balaban J connectivity index is 1.94. The maximum absolute atomic E-state index is 9.96. The van der Waals surface area contributed by atoms with Crippen LogP contribution in [-0.4, -0.2) is 44.0 Å². The molecule has 8 nitrogen and oxygen atoms in total. The van der Waals surface area contributed by atoms with E-state index in [1.807, 2.05) is 6.07 Å². The lowest BCUT2D eigenvalue weighted by molar-refractivity contribution is 0.264. The fourth-order valence-corrected chi connectivity index (χ4v) is 4.55. The van der Waals surface area contributed by atoms with Gasteiger partial charge in [-0.3, -0.25) is 0 Å². The van der Waals surface area contributed by atoms with Gasteiger partial charge in [0, 0.05) is 29.0 Å². The van der Waals surface area contributed by atoms with Crippen LogP contribution in [0.3, 0.4) is 0 Å². The number of hydrogen-bond donors (Lipinski definition) is 3. The van der Waals surface area contributed by atoms with Crippen LogP contribution < -0.4 is 16.0 Å². The lowest BCUT2D eigenvalue weighted by Crippen LogP contribution is -2.36. The minimum Gasteiger partial charge on any atom is -0.399 e. The Morgan fingerprint density at radius 3 is 2.65 bits per heavy atom. The fraction of sp³-hybridized carbons (Fsp3) is 0.500. The molecule has 3 aliphatic rings. The number of aliphatic hydroxyl groups excluding tert-OH is 1. The summed E-state index contributed by atoms with van der Waals surface area (Å²) < 4.78 is 2.20. The van der Waals surface area contributed by atoms with Gasteiger partial charge >= 0.3 is 0 Å². The van der Waals surface area contributed by atoms with Crippen molar-refractivity contribution < 1.29 is 5.11 Å². The molecule has 0 amide bonds. The SMILES string of the molecule is CC(C)c1nnc2c(Nc3cc(N)cc(Cl)c3)nc(N3CCCC3CO)n(C(C)C)c1-2. The third-order valence-electron chi connectivity index (χ3n) is 5.71. The number of rotatable bonds is 6. The topological polar surface area (TPSA) is 105 Å². The molecule has 4 N–H and O–H groups in total. The monoisotopic (exact) mass is 443 g/mol. The quantitative estimate of drug-likeness (QED) is 0.484. The van der Waals surface area contributed by atoms with Crippen molar-refractivity contribution in [3.05, 3.63) is 28.9 Å². The fourth-order valence-electron chi connectivity index (χ4n) is 4.30. The van der Waals surface area contributed by atoms with Gasteiger partial charge in [0.25, 0.3) is 0 Å². The molecule has 0 saturated carbocycles. The van der Waals surface area contributed by atoms with E-state index in [0.29, 0.717) is 22.2 Å². The van der Waals surface area contributed by atoms with E-state index in [9.17, 15) is 5.11 Å². The van der Waals surface area contributed by atoms with Crippen molar-refractivity contribution in [3.8, 4) is 11.4 Å². The summed E-state index contributed by atoms with van der Waals surface area (Å²) in [6, 6.07) is 5.51. The van der Waals surface area contributed by atoms with Crippen molar-refractivity contribution in [2.75, 3.05) is 29.1 Å². The van der Waals surface area contributed by atoms with Crippen LogP contribution in [0.1, 0.15) is 58.2 Å². The van der Waals surface area contributed by atoms with Crippen LogP contribution in [0.5, 0.6) is 0 Å². The lowest BCUT2D eigenvalue weighted by Gasteiger charge is -2.31. The Labute approximate surface area is 187 Å². The van der Waals surface area contributed by atoms with E-state index in [1.165, 1.54) is 0 Å². The van der Waals surface area contributed by atoms with Gasteiger partial charge in [0.05, 0.1) is 24.0 Å². The van der Waals surface area contributed by atoms with Crippen molar-refractivity contribution in [1.29, 1.82) is 0 Å². The largest absolute Gasteiger partial charge is 0.399 e. The first-order chi connectivity index (χ1) is 14.8. The summed E-state index contributed by atoms with van der Waals surface area (Å²) in [6.07, 6.45) is 1.96. The number of benzene rings is 1. The Hall–Kier alpha value is -2.58. The number of fused-ring (bicyclic) bond motifs is 1. The van der Waals surface area contributed by atoms with Crippen molar-refractivity contribution in [1.82, 2.24) is 19.7 Å². The minimum atomic E-state index is 0.0444. The first-order valence-electron chi connectivity index (χ1n) is 10.8. The minimum absolute atomic E-state index is 0.0444. The van der Waals surface area contributed by atoms with E-state index in [2.05, 4.69) is 52.7 Å². The highest BCUT2D eigenvalue weighted by Crippen LogP contribution is 2.40. The molecule has 0 bridgehead atoms. The highest BCUT2D eigenvalue weighted by molar-refractivity contribution is 6.31. The third kappa shape index (κ3) is 4.02. The number of anilines is 4. The molecule has 3 heterocycles. The highest BCUT2D eigenvalue weighted by Gasteiger charge is 2.33. The average Bonchev–Trinajstić information content (AvgIpc) is 3.33. The van der Waals surface area contributed by atoms with Crippen LogP contribution in [0.2, 0.25) is 5.02 Å². The van der Waals surface area contributed by atoms with Gasteiger partial charge in [-0.2, -0.15) is 10.1 Å². The molecule has 3 aliphatic heterocycles. The van der Waals surface area contributed by atoms with Crippen LogP contribution in [0.4, 0.5) is 23.1 Å². The van der Waals surface area contributed by atoms with E-state index >= 15 is 0 Å². The zero-order chi connectivity index (χ0) is 22.3. The number of nitrogens with zero attached hydrogens (tertiary/aromatic N) is 5. The smallest absolute Gasteiger partial charge is 0.208 e. The maximum Gasteiger partial charge on any atom is 0.208 e. The van der Waals surface area contributed by atoms with E-state index in [4.69, 9.17) is 22.3 Å². The predicted octanol–water partition coefficient (Wildman–Crippen LogP) is 4.42. The summed E-state index contributed by atoms with van der Waals surface area (Å²) in [5, 5.41) is 22.9. The molecule has 4 rings (SSSR count). The first-order valence-corrected chi connectivity index (χ1v) is 11.2. The van der Waals surface area contributed by atoms with E-state index in [-0.39, 0.29) is 24.6 Å². The summed E-state index contributed by atoms with van der Waals surface area (Å²) in [6.45, 7) is 9.45. The van der Waals surface area contributed by atoms with Gasteiger partial charge in [-0.05, 0) is 50.8 Å². The van der Waals surface area contributed by atoms with Gasteiger partial charge in [-0.1, -0.05) is 25.4 Å². The Kier molecular flexibility index (Phi) is 5.94. The van der Waals surface area contributed by atoms with Crippen molar-refractivity contribution >= 4 is 34.7 Å². The molecule has 1 aromatic carbocycles. The van der Waals surface area contributed by atoms with Crippen molar-refractivity contribution in [3.63, 3.8) is 0 Å². The molecule has 0 aliphatic carbocycles. The molecule has 166 valence electrons. The summed E-state index contributed by atoms with van der Waals surface area (Å²) in [7, 11) is 0. The van der Waals surface area contributed by atoms with Crippen LogP contribution in [-0.2, 0) is 0 Å². The van der Waals surface area contributed by atoms with Gasteiger partial charge in [0.1, 0.15) is 0 Å². The summed E-state index contributed by atoms with van der Waals surface area (Å²) in [4.78, 5) is 7.21. The summed E-state index contributed by atoms with van der Waals surface area (Å²) in [5.74, 6) is 1.62.